The largest absolute Gasteiger partial charge is 0.367 e. The van der Waals surface area contributed by atoms with E-state index >= 15 is 4.39 Å². The summed E-state index contributed by atoms with van der Waals surface area (Å²) >= 11 is 0. The van der Waals surface area contributed by atoms with Crippen molar-refractivity contribution >= 4 is 69.1 Å². The van der Waals surface area contributed by atoms with Crippen LogP contribution in [-0.2, 0) is 9.59 Å². The zero-order valence-corrected chi connectivity index (χ0v) is 34.7. The monoisotopic (exact) mass is 841 g/mol. The predicted molar refractivity (Wildman–Crippen MR) is 231 cm³/mol. The number of piperidine rings is 2. The van der Waals surface area contributed by atoms with Crippen LogP contribution in [0.5, 0.6) is 0 Å². The van der Waals surface area contributed by atoms with Gasteiger partial charge in [0, 0.05) is 94.7 Å². The lowest BCUT2D eigenvalue weighted by atomic mass is 9.96. The molecule has 4 saturated heterocycles. The lowest BCUT2D eigenvalue weighted by Crippen LogP contribution is -2.59. The summed E-state index contributed by atoms with van der Waals surface area (Å²) < 4.78 is 15.5. The van der Waals surface area contributed by atoms with Crippen LogP contribution in [0.1, 0.15) is 60.2 Å². The van der Waals surface area contributed by atoms with Crippen LogP contribution in [0.2, 0.25) is 0 Å². The fourth-order valence-corrected chi connectivity index (χ4v) is 9.67. The molecule has 3 atom stereocenters. The third-order valence-corrected chi connectivity index (χ3v) is 13.1. The van der Waals surface area contributed by atoms with Crippen molar-refractivity contribution in [3.05, 3.63) is 89.3 Å². The average Bonchev–Trinajstić information content (AvgIpc) is 3.51. The Labute approximate surface area is 358 Å². The minimum Gasteiger partial charge on any atom is -0.367 e. The molecule has 1 unspecified atom stereocenters. The smallest absolute Gasteiger partial charge is 0.322 e. The van der Waals surface area contributed by atoms with E-state index in [-0.39, 0.29) is 47.8 Å². The number of piperazine rings is 2. The summed E-state index contributed by atoms with van der Waals surface area (Å²) in [5.41, 5.74) is 3.13. The van der Waals surface area contributed by atoms with Gasteiger partial charge in [0.1, 0.15) is 17.7 Å². The maximum atomic E-state index is 15.5. The molecule has 4 fully saturated rings. The predicted octanol–water partition coefficient (Wildman–Crippen LogP) is 4.89. The van der Waals surface area contributed by atoms with Gasteiger partial charge in [0.25, 0.3) is 11.8 Å². The summed E-state index contributed by atoms with van der Waals surface area (Å²) in [7, 11) is 0. The number of fused-ring (bicyclic) bond motifs is 2. The van der Waals surface area contributed by atoms with E-state index in [1.54, 1.807) is 12.4 Å². The van der Waals surface area contributed by atoms with Crippen LogP contribution >= 0.6 is 0 Å². The summed E-state index contributed by atoms with van der Waals surface area (Å²) in [5, 5.41) is 6.17. The number of pyridine rings is 2. The Bertz CT molecular complexity index is 2500. The van der Waals surface area contributed by atoms with Crippen molar-refractivity contribution in [1.82, 2.24) is 30.0 Å². The third kappa shape index (κ3) is 7.63. The average molecular weight is 842 g/mol. The molecule has 5 aliphatic heterocycles. The molecule has 0 saturated carbocycles. The zero-order chi connectivity index (χ0) is 43.2. The van der Waals surface area contributed by atoms with E-state index in [2.05, 4.69) is 42.1 Å². The number of halogens is 1. The van der Waals surface area contributed by atoms with E-state index in [0.717, 1.165) is 73.4 Å². The number of aromatic nitrogens is 2. The second kappa shape index (κ2) is 16.7. The number of amides is 6. The van der Waals surface area contributed by atoms with Gasteiger partial charge >= 0.3 is 6.03 Å². The number of imide groups is 2. The molecule has 62 heavy (non-hydrogen) atoms. The van der Waals surface area contributed by atoms with Crippen LogP contribution in [0.3, 0.4) is 0 Å². The summed E-state index contributed by atoms with van der Waals surface area (Å²) in [4.78, 5) is 88.5. The number of carbonyl (C=O) groups is 5. The number of urea groups is 1. The minimum absolute atomic E-state index is 0.0154. The lowest BCUT2D eigenvalue weighted by Gasteiger charge is -2.45. The standard InChI is InChI=1S/C45H48FN11O5/c1-27-25-56(28(2)24-55(27)36-8-7-35(47-3)41-31(36)5-4-14-48-41)45(62)50-30-6-10-39(49-23-30)54-15-12-29(13-16-54)26-52-17-19-53(20-18-52)38-22-33-32(21-34(38)46)43(60)57(44(33)61)37-9-11-40(58)51-42(37)59/h4-8,10,14,21-23,27-29,37H,9,11-13,15-20,24-26H2,1-2H3,(H,50,62)(H,51,58,59)/t27-,28+,37?/m0/s1. The van der Waals surface area contributed by atoms with E-state index < -0.39 is 35.5 Å². The van der Waals surface area contributed by atoms with Crippen molar-refractivity contribution in [1.29, 1.82) is 0 Å². The molecule has 5 aliphatic rings. The first-order valence-electron chi connectivity index (χ1n) is 21.3. The van der Waals surface area contributed by atoms with Crippen LogP contribution in [0.15, 0.2) is 60.9 Å². The normalized spacial score (nSPS) is 22.5. The van der Waals surface area contributed by atoms with E-state index in [1.165, 1.54) is 6.07 Å². The van der Waals surface area contributed by atoms with Crippen molar-refractivity contribution in [2.24, 2.45) is 5.92 Å². The highest BCUT2D eigenvalue weighted by molar-refractivity contribution is 6.23. The maximum absolute atomic E-state index is 15.5. The Balaban J connectivity index is 0.737. The molecule has 0 radical (unpaired) electrons. The highest BCUT2D eigenvalue weighted by Crippen LogP contribution is 2.36. The van der Waals surface area contributed by atoms with Gasteiger partial charge in [-0.05, 0) is 75.4 Å². The molecule has 6 amide bonds. The zero-order valence-electron chi connectivity index (χ0n) is 34.7. The number of hydrogen-bond donors (Lipinski definition) is 2. The van der Waals surface area contributed by atoms with Crippen molar-refractivity contribution in [2.45, 2.75) is 57.7 Å². The van der Waals surface area contributed by atoms with E-state index in [4.69, 9.17) is 11.6 Å². The van der Waals surface area contributed by atoms with Gasteiger partial charge < -0.3 is 24.9 Å². The summed E-state index contributed by atoms with van der Waals surface area (Å²) in [6, 6.07) is 12.8. The van der Waals surface area contributed by atoms with Gasteiger partial charge in [-0.15, -0.1) is 0 Å². The van der Waals surface area contributed by atoms with E-state index in [1.807, 2.05) is 53.1 Å². The number of nitrogens with one attached hydrogen (secondary N) is 2. The Kier molecular flexibility index (Phi) is 10.9. The molecular weight excluding hydrogens is 794 g/mol. The number of hydrogen-bond acceptors (Lipinski definition) is 11. The number of benzene rings is 2. The highest BCUT2D eigenvalue weighted by atomic mass is 19.1. The van der Waals surface area contributed by atoms with Gasteiger partial charge in [-0.1, -0.05) is 12.1 Å². The molecular formula is C45H48FN11O5. The molecule has 2 aromatic heterocycles. The fraction of sp³-hybridized carbons (Fsp3) is 0.422. The Morgan fingerprint density at radius 2 is 1.63 bits per heavy atom. The van der Waals surface area contributed by atoms with Crippen molar-refractivity contribution in [2.75, 3.05) is 78.9 Å². The van der Waals surface area contributed by atoms with Crippen molar-refractivity contribution in [3.63, 3.8) is 0 Å². The first-order chi connectivity index (χ1) is 30.0. The molecule has 0 bridgehead atoms. The van der Waals surface area contributed by atoms with Gasteiger partial charge in [-0.25, -0.2) is 19.0 Å². The number of carbonyl (C=O) groups excluding carboxylic acids is 5. The second-order valence-electron chi connectivity index (χ2n) is 17.0. The summed E-state index contributed by atoms with van der Waals surface area (Å²) in [6.45, 7) is 18.1. The molecule has 4 aromatic rings. The summed E-state index contributed by atoms with van der Waals surface area (Å²) in [5.74, 6) is -1.75. The first kappa shape index (κ1) is 40.7. The molecule has 0 aliphatic carbocycles. The number of anilines is 4. The van der Waals surface area contributed by atoms with Crippen LogP contribution < -0.4 is 25.3 Å². The molecule has 16 nitrogen and oxygen atoms in total. The lowest BCUT2D eigenvalue weighted by molar-refractivity contribution is -0.136. The quantitative estimate of drug-likeness (QED) is 0.193. The Morgan fingerprint density at radius 1 is 0.871 bits per heavy atom. The van der Waals surface area contributed by atoms with Crippen LogP contribution in [-0.4, -0.2) is 131 Å². The van der Waals surface area contributed by atoms with Crippen LogP contribution in [0.4, 0.5) is 37.8 Å². The van der Waals surface area contributed by atoms with Crippen LogP contribution in [0, 0.1) is 18.3 Å². The fourth-order valence-electron chi connectivity index (χ4n) is 9.67. The molecule has 17 heteroatoms. The minimum atomic E-state index is -1.10. The van der Waals surface area contributed by atoms with Gasteiger partial charge in [0.15, 0.2) is 0 Å². The molecule has 320 valence electrons. The van der Waals surface area contributed by atoms with Gasteiger partial charge in [-0.3, -0.25) is 39.3 Å². The molecule has 9 rings (SSSR count). The van der Waals surface area contributed by atoms with Gasteiger partial charge in [0.2, 0.25) is 17.5 Å². The Morgan fingerprint density at radius 3 is 2.34 bits per heavy atom. The van der Waals surface area contributed by atoms with Crippen LogP contribution in [0.25, 0.3) is 15.7 Å². The second-order valence-corrected chi connectivity index (χ2v) is 17.0. The van der Waals surface area contributed by atoms with Crippen molar-refractivity contribution < 1.29 is 28.4 Å². The maximum Gasteiger partial charge on any atom is 0.322 e. The van der Waals surface area contributed by atoms with E-state index in [9.17, 15) is 24.0 Å². The topological polar surface area (TPSA) is 159 Å². The number of rotatable bonds is 7. The molecule has 2 N–H and O–H groups in total. The third-order valence-electron chi connectivity index (χ3n) is 13.1. The van der Waals surface area contributed by atoms with E-state index in [0.29, 0.717) is 49.0 Å². The molecule has 7 heterocycles. The first-order valence-corrected chi connectivity index (χ1v) is 21.3. The van der Waals surface area contributed by atoms with Gasteiger partial charge in [-0.2, -0.15) is 0 Å². The molecule has 0 spiro atoms. The highest BCUT2D eigenvalue weighted by Gasteiger charge is 2.45. The SMILES string of the molecule is [C-]#[N+]c1ccc(N2C[C@@H](C)N(C(=O)Nc3ccc(N4CCC(CN5CCN(c6cc7c(cc6F)C(=O)N(C6CCC(=O)NC6=O)C7=O)CC5)CC4)nc3)C[C@@H]2C)c2cccnc12. The molecule has 2 aromatic carbocycles. The number of nitrogens with zero attached hydrogens (tertiary/aromatic N) is 9. The Hall–Kier alpha value is -6.67. The van der Waals surface area contributed by atoms with Crippen molar-refractivity contribution in [3.8, 4) is 0 Å². The van der Waals surface area contributed by atoms with Gasteiger partial charge in [0.05, 0.1) is 40.8 Å². The summed E-state index contributed by atoms with van der Waals surface area (Å²) in [6.07, 6.45) is 5.47.